The van der Waals surface area contributed by atoms with Gasteiger partial charge in [0.25, 0.3) is 0 Å². The van der Waals surface area contributed by atoms with Gasteiger partial charge < -0.3 is 13.7 Å². The van der Waals surface area contributed by atoms with E-state index in [2.05, 4.69) is 15.8 Å². The zero-order valence-electron chi connectivity index (χ0n) is 16.2. The molecule has 0 saturated carbocycles. The SMILES string of the molecule is C=C/C(=N\C1=C(C)[C@H](OC(CF)COCCCC)CC=C1)OS(=O)(=O)C(F)(F)F. The standard InChI is InChI=1S/C18H25F4NO5S/c1-4-6-10-26-12-14(11-19)27-16-9-7-8-15(13(16)3)23-17(5-2)28-29(24,25)18(20,21)22/h5,7-8,14,16H,2,4,6,9-12H2,1,3H3/b23-17+/t14?,16-/m1/s1. The molecule has 0 spiro atoms. The van der Waals surface area contributed by atoms with Gasteiger partial charge in [0, 0.05) is 6.61 Å². The van der Waals surface area contributed by atoms with Crippen LogP contribution in [0.25, 0.3) is 0 Å². The van der Waals surface area contributed by atoms with Crippen molar-refractivity contribution in [3.05, 3.63) is 36.1 Å². The fourth-order valence-corrected chi connectivity index (χ4v) is 2.67. The number of rotatable bonds is 11. The molecule has 0 aromatic rings. The molecule has 0 amide bonds. The second kappa shape index (κ2) is 11.5. The van der Waals surface area contributed by atoms with Gasteiger partial charge in [-0.15, -0.1) is 0 Å². The van der Waals surface area contributed by atoms with E-state index in [1.165, 1.54) is 6.08 Å². The van der Waals surface area contributed by atoms with E-state index in [1.807, 2.05) is 6.92 Å². The van der Waals surface area contributed by atoms with Gasteiger partial charge in [-0.05, 0) is 37.5 Å². The third kappa shape index (κ3) is 7.90. The number of unbranched alkanes of at least 4 members (excludes halogenated alkanes) is 1. The lowest BCUT2D eigenvalue weighted by molar-refractivity contribution is -0.0540. The van der Waals surface area contributed by atoms with Gasteiger partial charge in [-0.25, -0.2) is 9.38 Å². The quantitative estimate of drug-likeness (QED) is 0.119. The summed E-state index contributed by atoms with van der Waals surface area (Å²) < 4.78 is 88.1. The molecule has 0 heterocycles. The molecule has 6 nitrogen and oxygen atoms in total. The topological polar surface area (TPSA) is 74.2 Å². The first-order valence-corrected chi connectivity index (χ1v) is 10.3. The molecule has 0 aliphatic heterocycles. The van der Waals surface area contributed by atoms with E-state index >= 15 is 0 Å². The van der Waals surface area contributed by atoms with E-state index in [9.17, 15) is 26.0 Å². The van der Waals surface area contributed by atoms with Gasteiger partial charge in [0.1, 0.15) is 12.8 Å². The summed E-state index contributed by atoms with van der Waals surface area (Å²) in [7, 11) is -5.87. The summed E-state index contributed by atoms with van der Waals surface area (Å²) in [6, 6.07) is 0. The van der Waals surface area contributed by atoms with Gasteiger partial charge in [0.05, 0.1) is 18.4 Å². The van der Waals surface area contributed by atoms with Crippen molar-refractivity contribution in [1.82, 2.24) is 0 Å². The highest BCUT2D eigenvalue weighted by Gasteiger charge is 2.49. The summed E-state index contributed by atoms with van der Waals surface area (Å²) in [4.78, 5) is 3.79. The predicted octanol–water partition coefficient (Wildman–Crippen LogP) is 4.21. The lowest BCUT2D eigenvalue weighted by atomic mass is 10.0. The zero-order valence-corrected chi connectivity index (χ0v) is 17.1. The third-order valence-electron chi connectivity index (χ3n) is 3.87. The molecule has 2 atom stereocenters. The molecular formula is C18H25F4NO5S. The summed E-state index contributed by atoms with van der Waals surface area (Å²) in [6.07, 6.45) is 4.61. The number of nitrogens with zero attached hydrogens (tertiary/aromatic N) is 1. The number of alkyl halides is 4. The Morgan fingerprint density at radius 2 is 2.14 bits per heavy atom. The highest BCUT2D eigenvalue weighted by Crippen LogP contribution is 2.27. The highest BCUT2D eigenvalue weighted by molar-refractivity contribution is 7.88. The largest absolute Gasteiger partial charge is 0.534 e. The molecule has 0 N–H and O–H groups in total. The highest BCUT2D eigenvalue weighted by atomic mass is 32.2. The fourth-order valence-electron chi connectivity index (χ4n) is 2.25. The molecule has 1 unspecified atom stereocenters. The summed E-state index contributed by atoms with van der Waals surface area (Å²) in [5.74, 6) is -0.841. The van der Waals surface area contributed by atoms with Crippen molar-refractivity contribution in [3.8, 4) is 0 Å². The maximum atomic E-state index is 13.2. The third-order valence-corrected chi connectivity index (χ3v) is 4.83. The predicted molar refractivity (Wildman–Crippen MR) is 101 cm³/mol. The molecule has 1 aliphatic carbocycles. The van der Waals surface area contributed by atoms with Crippen LogP contribution in [0.2, 0.25) is 0 Å². The van der Waals surface area contributed by atoms with Crippen molar-refractivity contribution in [3.63, 3.8) is 0 Å². The van der Waals surface area contributed by atoms with Crippen LogP contribution in [0.15, 0.2) is 41.1 Å². The first-order valence-electron chi connectivity index (χ1n) is 8.94. The van der Waals surface area contributed by atoms with E-state index in [0.29, 0.717) is 18.6 Å². The Balaban J connectivity index is 2.93. The maximum absolute atomic E-state index is 13.2. The fraction of sp³-hybridized carbons (Fsp3) is 0.611. The Hall–Kier alpha value is -1.72. The minimum absolute atomic E-state index is 0.0629. The summed E-state index contributed by atoms with van der Waals surface area (Å²) in [5, 5.41) is 0. The van der Waals surface area contributed by atoms with Crippen LogP contribution in [-0.4, -0.2) is 51.9 Å². The Kier molecular flexibility index (Phi) is 10.0. The first kappa shape index (κ1) is 25.3. The molecule has 166 valence electrons. The Labute approximate surface area is 168 Å². The van der Waals surface area contributed by atoms with Gasteiger partial charge in [-0.2, -0.15) is 21.6 Å². The number of hydrogen-bond donors (Lipinski definition) is 0. The molecule has 29 heavy (non-hydrogen) atoms. The van der Waals surface area contributed by atoms with Crippen LogP contribution >= 0.6 is 0 Å². The van der Waals surface area contributed by atoms with E-state index in [-0.39, 0.29) is 12.3 Å². The van der Waals surface area contributed by atoms with Gasteiger partial charge in [-0.1, -0.05) is 26.0 Å². The van der Waals surface area contributed by atoms with Crippen LogP contribution < -0.4 is 0 Å². The Morgan fingerprint density at radius 1 is 1.45 bits per heavy atom. The molecule has 0 saturated heterocycles. The zero-order chi connectivity index (χ0) is 22.1. The molecule has 0 aromatic heterocycles. The lowest BCUT2D eigenvalue weighted by Gasteiger charge is -2.26. The summed E-state index contributed by atoms with van der Waals surface area (Å²) in [6.45, 7) is 6.58. The smallest absolute Gasteiger partial charge is 0.379 e. The van der Waals surface area contributed by atoms with Crippen molar-refractivity contribution in [2.45, 2.75) is 50.8 Å². The van der Waals surface area contributed by atoms with Gasteiger partial charge in [0.15, 0.2) is 0 Å². The molecular weight excluding hydrogens is 418 g/mol. The molecule has 0 aromatic carbocycles. The monoisotopic (exact) mass is 443 g/mol. The van der Waals surface area contributed by atoms with Crippen LogP contribution in [0.1, 0.15) is 33.1 Å². The van der Waals surface area contributed by atoms with Crippen LogP contribution in [0.5, 0.6) is 0 Å². The minimum Gasteiger partial charge on any atom is -0.379 e. The second-order valence-electron chi connectivity index (χ2n) is 6.17. The van der Waals surface area contributed by atoms with E-state index < -0.39 is 40.4 Å². The second-order valence-corrected chi connectivity index (χ2v) is 7.71. The van der Waals surface area contributed by atoms with Crippen molar-refractivity contribution >= 4 is 16.0 Å². The number of ether oxygens (including phenoxy) is 2. The minimum atomic E-state index is -5.87. The van der Waals surface area contributed by atoms with Gasteiger partial charge in [0.2, 0.25) is 5.90 Å². The molecule has 1 rings (SSSR count). The van der Waals surface area contributed by atoms with Crippen LogP contribution in [-0.2, 0) is 23.8 Å². The first-order chi connectivity index (χ1) is 13.6. The van der Waals surface area contributed by atoms with E-state index in [0.717, 1.165) is 18.9 Å². The average Bonchev–Trinajstić information content (AvgIpc) is 2.65. The van der Waals surface area contributed by atoms with Crippen molar-refractivity contribution < 1.29 is 39.6 Å². The normalized spacial score (nSPS) is 19.4. The van der Waals surface area contributed by atoms with Crippen molar-refractivity contribution in [2.75, 3.05) is 19.9 Å². The number of aliphatic imine (C=N–C) groups is 1. The van der Waals surface area contributed by atoms with Gasteiger partial charge >= 0.3 is 15.6 Å². The molecule has 11 heteroatoms. The molecule has 0 fully saturated rings. The van der Waals surface area contributed by atoms with E-state index in [1.54, 1.807) is 13.0 Å². The lowest BCUT2D eigenvalue weighted by Crippen LogP contribution is -2.30. The molecule has 0 bridgehead atoms. The van der Waals surface area contributed by atoms with Crippen molar-refractivity contribution in [1.29, 1.82) is 0 Å². The Bertz CT molecular complexity index is 744. The number of allylic oxidation sites excluding steroid dienone is 1. The van der Waals surface area contributed by atoms with Gasteiger partial charge in [-0.3, -0.25) is 0 Å². The van der Waals surface area contributed by atoms with Crippen LogP contribution in [0, 0.1) is 0 Å². The number of hydrogen-bond acceptors (Lipinski definition) is 6. The van der Waals surface area contributed by atoms with Crippen LogP contribution in [0.3, 0.4) is 0 Å². The van der Waals surface area contributed by atoms with E-state index in [4.69, 9.17) is 9.47 Å². The van der Waals surface area contributed by atoms with Crippen molar-refractivity contribution in [2.24, 2.45) is 4.99 Å². The van der Waals surface area contributed by atoms with Crippen LogP contribution in [0.4, 0.5) is 17.6 Å². The molecule has 1 aliphatic rings. The average molecular weight is 443 g/mol. The molecule has 0 radical (unpaired) electrons. The summed E-state index contributed by atoms with van der Waals surface area (Å²) in [5.41, 5.74) is -4.98. The summed E-state index contributed by atoms with van der Waals surface area (Å²) >= 11 is 0. The Morgan fingerprint density at radius 3 is 2.69 bits per heavy atom. The maximum Gasteiger partial charge on any atom is 0.534 e. The number of halogens is 4.